The molecule has 8 atom stereocenters. The topological polar surface area (TPSA) is 168 Å². The van der Waals surface area contributed by atoms with Gasteiger partial charge < -0.3 is 54.3 Å². The molecule has 0 saturated carbocycles. The second-order valence-corrected chi connectivity index (χ2v) is 9.30. The predicted octanol–water partition coefficient (Wildman–Crippen LogP) is 0.127. The van der Waals surface area contributed by atoms with Gasteiger partial charge in [-0.15, -0.1) is 0 Å². The first-order chi connectivity index (χ1) is 17.8. The lowest BCUT2D eigenvalue weighted by atomic mass is 9.84. The Morgan fingerprint density at radius 3 is 2.30 bits per heavy atom. The Bertz CT molecular complexity index is 1050. The molecule has 11 nitrogen and oxygen atoms in total. The molecular weight excluding hydrogens is 488 g/mol. The van der Waals surface area contributed by atoms with Crippen molar-refractivity contribution < 1.29 is 54.3 Å². The van der Waals surface area contributed by atoms with Crippen LogP contribution in [0.5, 0.6) is 23.0 Å². The molecule has 2 aliphatic rings. The van der Waals surface area contributed by atoms with E-state index < -0.39 is 43.4 Å². The Hall–Kier alpha value is -2.64. The number of aromatic hydroxyl groups is 1. The van der Waals surface area contributed by atoms with Gasteiger partial charge in [0.25, 0.3) is 0 Å². The van der Waals surface area contributed by atoms with Crippen LogP contribution in [0.2, 0.25) is 0 Å². The summed E-state index contributed by atoms with van der Waals surface area (Å²) in [5.74, 6) is 0.766. The number of phenolic OH excluding ortho intramolecular Hbond substituents is 1. The van der Waals surface area contributed by atoms with Crippen molar-refractivity contribution in [3.05, 3.63) is 47.5 Å². The number of phenols is 1. The third-order valence-electron chi connectivity index (χ3n) is 7.04. The number of aliphatic hydroxyl groups is 5. The molecule has 2 fully saturated rings. The standard InChI is InChI=1S/C26H34O11/c1-33-19-8-13(3-5-17(19)29)7-15-12-35-25(16(15)10-27)14-4-6-18(20(9-14)34-2)36-26-24(32)23(31)22(30)21(11-28)37-26/h3-6,8-9,15-16,21-32H,7,10-12H2,1-2H3/t15-,16+,21-,22+,23+,24+,25-,26+/m0/s1. The Balaban J connectivity index is 1.49. The number of rotatable bonds is 9. The fourth-order valence-corrected chi connectivity index (χ4v) is 4.92. The fraction of sp³-hybridized carbons (Fsp3) is 0.538. The average Bonchev–Trinajstić information content (AvgIpc) is 3.32. The van der Waals surface area contributed by atoms with Crippen LogP contribution >= 0.6 is 0 Å². The lowest BCUT2D eigenvalue weighted by Crippen LogP contribution is -2.60. The van der Waals surface area contributed by atoms with Gasteiger partial charge in [0.2, 0.25) is 6.29 Å². The van der Waals surface area contributed by atoms with E-state index in [0.29, 0.717) is 24.5 Å². The molecular formula is C26H34O11. The fourth-order valence-electron chi connectivity index (χ4n) is 4.92. The molecule has 0 unspecified atom stereocenters. The minimum Gasteiger partial charge on any atom is -0.504 e. The van der Waals surface area contributed by atoms with Crippen molar-refractivity contribution >= 4 is 0 Å². The second-order valence-electron chi connectivity index (χ2n) is 9.30. The Morgan fingerprint density at radius 2 is 1.62 bits per heavy atom. The molecule has 0 aliphatic carbocycles. The third kappa shape index (κ3) is 5.63. The smallest absolute Gasteiger partial charge is 0.229 e. The minimum absolute atomic E-state index is 0.0142. The Labute approximate surface area is 214 Å². The summed E-state index contributed by atoms with van der Waals surface area (Å²) in [5.41, 5.74) is 1.70. The highest BCUT2D eigenvalue weighted by atomic mass is 16.7. The maximum Gasteiger partial charge on any atom is 0.229 e. The molecule has 204 valence electrons. The maximum atomic E-state index is 10.3. The van der Waals surface area contributed by atoms with Gasteiger partial charge in [-0.05, 0) is 47.7 Å². The highest BCUT2D eigenvalue weighted by Crippen LogP contribution is 2.43. The first-order valence-corrected chi connectivity index (χ1v) is 12.0. The minimum atomic E-state index is -1.57. The summed E-state index contributed by atoms with van der Waals surface area (Å²) >= 11 is 0. The summed E-state index contributed by atoms with van der Waals surface area (Å²) in [7, 11) is 2.93. The summed E-state index contributed by atoms with van der Waals surface area (Å²) in [6.07, 6.45) is -6.86. The zero-order valence-corrected chi connectivity index (χ0v) is 20.6. The summed E-state index contributed by atoms with van der Waals surface area (Å²) < 4.78 is 27.9. The van der Waals surface area contributed by atoms with Crippen LogP contribution in [-0.2, 0) is 15.9 Å². The molecule has 11 heteroatoms. The van der Waals surface area contributed by atoms with E-state index in [2.05, 4.69) is 0 Å². The van der Waals surface area contributed by atoms with Crippen molar-refractivity contribution in [2.75, 3.05) is 34.0 Å². The number of hydrogen-bond donors (Lipinski definition) is 6. The van der Waals surface area contributed by atoms with Crippen LogP contribution in [0.15, 0.2) is 36.4 Å². The van der Waals surface area contributed by atoms with Gasteiger partial charge in [-0.3, -0.25) is 0 Å². The average molecular weight is 523 g/mol. The molecule has 6 N–H and O–H groups in total. The molecule has 0 spiro atoms. The zero-order valence-electron chi connectivity index (χ0n) is 20.6. The molecule has 2 aliphatic heterocycles. The normalized spacial score (nSPS) is 31.8. The SMILES string of the molecule is COc1cc(C[C@H]2CO[C@@H](c3ccc(O[C@@H]4O[C@@H](CO)[C@@H](O)[C@@H](O)[C@H]4O)c(OC)c3)[C@@H]2CO)ccc1O. The molecule has 37 heavy (non-hydrogen) atoms. The van der Waals surface area contributed by atoms with E-state index in [1.54, 1.807) is 30.3 Å². The van der Waals surface area contributed by atoms with Crippen molar-refractivity contribution in [2.24, 2.45) is 11.8 Å². The van der Waals surface area contributed by atoms with Crippen LogP contribution < -0.4 is 14.2 Å². The molecule has 4 rings (SSSR count). The van der Waals surface area contributed by atoms with Crippen LogP contribution in [-0.4, -0.2) is 95.4 Å². The van der Waals surface area contributed by atoms with Gasteiger partial charge in [0, 0.05) is 12.5 Å². The van der Waals surface area contributed by atoms with E-state index >= 15 is 0 Å². The highest BCUT2D eigenvalue weighted by molar-refractivity contribution is 5.44. The second kappa shape index (κ2) is 11.8. The number of aliphatic hydroxyl groups excluding tert-OH is 5. The summed E-state index contributed by atoms with van der Waals surface area (Å²) in [6.45, 7) is -0.249. The maximum absolute atomic E-state index is 10.3. The van der Waals surface area contributed by atoms with E-state index in [-0.39, 0.29) is 29.9 Å². The molecule has 0 aromatic heterocycles. The van der Waals surface area contributed by atoms with Crippen LogP contribution in [0.4, 0.5) is 0 Å². The van der Waals surface area contributed by atoms with Crippen molar-refractivity contribution in [3.8, 4) is 23.0 Å². The summed E-state index contributed by atoms with van der Waals surface area (Å²) in [5, 5.41) is 59.7. The van der Waals surface area contributed by atoms with Gasteiger partial charge in [0.05, 0.1) is 33.5 Å². The number of ether oxygens (including phenoxy) is 5. The van der Waals surface area contributed by atoms with Gasteiger partial charge in [-0.25, -0.2) is 0 Å². The van der Waals surface area contributed by atoms with Crippen LogP contribution in [0.3, 0.4) is 0 Å². The van der Waals surface area contributed by atoms with E-state index in [0.717, 1.165) is 11.1 Å². The lowest BCUT2D eigenvalue weighted by Gasteiger charge is -2.39. The first kappa shape index (κ1) is 27.4. The quantitative estimate of drug-likeness (QED) is 0.265. The Morgan fingerprint density at radius 1 is 0.865 bits per heavy atom. The number of benzene rings is 2. The predicted molar refractivity (Wildman–Crippen MR) is 129 cm³/mol. The molecule has 2 saturated heterocycles. The Kier molecular flexibility index (Phi) is 8.75. The number of hydrogen-bond acceptors (Lipinski definition) is 11. The summed E-state index contributed by atoms with van der Waals surface area (Å²) in [6, 6.07) is 10.2. The van der Waals surface area contributed by atoms with Gasteiger partial charge in [-0.2, -0.15) is 0 Å². The van der Waals surface area contributed by atoms with E-state index in [4.69, 9.17) is 23.7 Å². The van der Waals surface area contributed by atoms with Crippen molar-refractivity contribution in [1.82, 2.24) is 0 Å². The molecule has 0 amide bonds. The van der Waals surface area contributed by atoms with E-state index in [1.165, 1.54) is 14.2 Å². The van der Waals surface area contributed by atoms with Crippen LogP contribution in [0.1, 0.15) is 17.2 Å². The van der Waals surface area contributed by atoms with Gasteiger partial charge in [0.1, 0.15) is 24.4 Å². The summed E-state index contributed by atoms with van der Waals surface area (Å²) in [4.78, 5) is 0. The molecule has 2 aromatic carbocycles. The molecule has 2 aromatic rings. The van der Waals surface area contributed by atoms with Crippen LogP contribution in [0, 0.1) is 11.8 Å². The first-order valence-electron chi connectivity index (χ1n) is 12.0. The lowest BCUT2D eigenvalue weighted by molar-refractivity contribution is -0.277. The largest absolute Gasteiger partial charge is 0.504 e. The van der Waals surface area contributed by atoms with Gasteiger partial charge in [0.15, 0.2) is 23.0 Å². The third-order valence-corrected chi connectivity index (χ3v) is 7.04. The zero-order chi connectivity index (χ0) is 26.7. The van der Waals surface area contributed by atoms with E-state index in [9.17, 15) is 30.6 Å². The molecule has 0 radical (unpaired) electrons. The highest BCUT2D eigenvalue weighted by Gasteiger charge is 2.45. The van der Waals surface area contributed by atoms with Crippen molar-refractivity contribution in [2.45, 2.75) is 43.2 Å². The molecule has 2 heterocycles. The van der Waals surface area contributed by atoms with E-state index in [1.807, 2.05) is 6.07 Å². The number of methoxy groups -OCH3 is 2. The van der Waals surface area contributed by atoms with Crippen molar-refractivity contribution in [3.63, 3.8) is 0 Å². The van der Waals surface area contributed by atoms with Gasteiger partial charge >= 0.3 is 0 Å². The van der Waals surface area contributed by atoms with Crippen molar-refractivity contribution in [1.29, 1.82) is 0 Å². The monoisotopic (exact) mass is 522 g/mol. The van der Waals surface area contributed by atoms with Crippen LogP contribution in [0.25, 0.3) is 0 Å². The van der Waals surface area contributed by atoms with Gasteiger partial charge in [-0.1, -0.05) is 12.1 Å². The molecule has 0 bridgehead atoms.